The molecule has 2 aliphatic rings. The van der Waals surface area contributed by atoms with Crippen molar-refractivity contribution in [3.63, 3.8) is 0 Å². The van der Waals surface area contributed by atoms with Gasteiger partial charge in [0, 0.05) is 17.6 Å². The van der Waals surface area contributed by atoms with Gasteiger partial charge < -0.3 is 10.1 Å². The number of fused-ring (bicyclic) bond motifs is 1. The number of carbonyl (C=O) groups excluding carboxylic acids is 1. The van der Waals surface area contributed by atoms with Crippen LogP contribution in [0, 0.1) is 11.8 Å². The molecule has 0 radical (unpaired) electrons. The van der Waals surface area contributed by atoms with E-state index in [0.717, 1.165) is 5.39 Å². The Hall–Kier alpha value is -1.81. The van der Waals surface area contributed by atoms with Gasteiger partial charge in [-0.2, -0.15) is 0 Å². The Labute approximate surface area is 140 Å². The maximum Gasteiger partial charge on any atom is 0.258 e. The molecule has 0 bridgehead atoms. The van der Waals surface area contributed by atoms with E-state index < -0.39 is 0 Å². The molecule has 2 aromatic rings. The first-order valence-electron chi connectivity index (χ1n) is 8.18. The second-order valence-corrected chi connectivity index (χ2v) is 6.91. The van der Waals surface area contributed by atoms with Crippen LogP contribution in [0.5, 0.6) is 5.75 Å². The van der Waals surface area contributed by atoms with E-state index in [-0.39, 0.29) is 12.5 Å². The minimum atomic E-state index is -0.0483. The average Bonchev–Trinajstić information content (AvgIpc) is 3.46. The van der Waals surface area contributed by atoms with Crippen molar-refractivity contribution in [3.05, 3.63) is 35.5 Å². The summed E-state index contributed by atoms with van der Waals surface area (Å²) in [4.78, 5) is 16.5. The molecule has 23 heavy (non-hydrogen) atoms. The number of halogens is 1. The van der Waals surface area contributed by atoms with E-state index in [2.05, 4.69) is 10.3 Å². The van der Waals surface area contributed by atoms with Gasteiger partial charge in [-0.3, -0.25) is 9.78 Å². The largest absolute Gasteiger partial charge is 0.481 e. The van der Waals surface area contributed by atoms with Crippen LogP contribution in [0.4, 0.5) is 0 Å². The zero-order valence-corrected chi connectivity index (χ0v) is 13.6. The fraction of sp³-hybridized carbons (Fsp3) is 0.444. The lowest BCUT2D eigenvalue weighted by atomic mass is 10.1. The molecule has 0 unspecified atom stereocenters. The van der Waals surface area contributed by atoms with Crippen LogP contribution in [0.15, 0.2) is 30.5 Å². The van der Waals surface area contributed by atoms with Crippen molar-refractivity contribution >= 4 is 28.4 Å². The van der Waals surface area contributed by atoms with Gasteiger partial charge in [-0.1, -0.05) is 11.6 Å². The fourth-order valence-corrected chi connectivity index (χ4v) is 3.35. The molecule has 5 heteroatoms. The Morgan fingerprint density at radius 2 is 2.00 bits per heavy atom. The SMILES string of the molecule is O=C(COc1ccc(Cl)c2cccnc12)NC(C1CC1)C1CC1. The van der Waals surface area contributed by atoms with E-state index in [1.807, 2.05) is 12.1 Å². The van der Waals surface area contributed by atoms with Gasteiger partial charge >= 0.3 is 0 Å². The third-order valence-electron chi connectivity index (χ3n) is 4.63. The molecular formula is C18H19ClN2O2. The molecule has 0 aliphatic heterocycles. The van der Waals surface area contributed by atoms with Crippen molar-refractivity contribution in [1.29, 1.82) is 0 Å². The number of pyridine rings is 1. The van der Waals surface area contributed by atoms with Crippen molar-refractivity contribution in [2.24, 2.45) is 11.8 Å². The summed E-state index contributed by atoms with van der Waals surface area (Å²) in [5.74, 6) is 1.91. The first kappa shape index (κ1) is 14.8. The van der Waals surface area contributed by atoms with Crippen LogP contribution in [-0.2, 0) is 4.79 Å². The van der Waals surface area contributed by atoms with E-state index in [9.17, 15) is 4.79 Å². The van der Waals surface area contributed by atoms with Gasteiger partial charge in [0.15, 0.2) is 6.61 Å². The van der Waals surface area contributed by atoms with E-state index in [1.165, 1.54) is 25.7 Å². The van der Waals surface area contributed by atoms with E-state index in [0.29, 0.717) is 34.2 Å². The lowest BCUT2D eigenvalue weighted by molar-refractivity contribution is -0.124. The Kier molecular flexibility index (Phi) is 3.85. The summed E-state index contributed by atoms with van der Waals surface area (Å²) >= 11 is 6.17. The minimum absolute atomic E-state index is 0.0171. The van der Waals surface area contributed by atoms with Crippen molar-refractivity contribution in [1.82, 2.24) is 10.3 Å². The molecule has 1 aromatic carbocycles. The van der Waals surface area contributed by atoms with Gasteiger partial charge in [0.2, 0.25) is 0 Å². The summed E-state index contributed by atoms with van der Waals surface area (Å²) in [6.07, 6.45) is 6.67. The van der Waals surface area contributed by atoms with Crippen molar-refractivity contribution in [3.8, 4) is 5.75 Å². The highest BCUT2D eigenvalue weighted by molar-refractivity contribution is 6.35. The number of nitrogens with one attached hydrogen (secondary N) is 1. The van der Waals surface area contributed by atoms with Crippen LogP contribution in [0.2, 0.25) is 5.02 Å². The molecule has 1 heterocycles. The molecule has 0 saturated heterocycles. The summed E-state index contributed by atoms with van der Waals surface area (Å²) in [6, 6.07) is 7.63. The van der Waals surface area contributed by atoms with Crippen molar-refractivity contribution in [2.45, 2.75) is 31.7 Å². The maximum absolute atomic E-state index is 12.2. The van der Waals surface area contributed by atoms with E-state index in [4.69, 9.17) is 16.3 Å². The van der Waals surface area contributed by atoms with Gasteiger partial charge in [-0.25, -0.2) is 0 Å². The molecule has 4 nitrogen and oxygen atoms in total. The van der Waals surface area contributed by atoms with Crippen LogP contribution in [0.1, 0.15) is 25.7 Å². The van der Waals surface area contributed by atoms with E-state index in [1.54, 1.807) is 18.3 Å². The zero-order valence-electron chi connectivity index (χ0n) is 12.8. The number of amides is 1. The minimum Gasteiger partial charge on any atom is -0.481 e. The van der Waals surface area contributed by atoms with Gasteiger partial charge in [0.25, 0.3) is 5.91 Å². The number of hydrogen-bond acceptors (Lipinski definition) is 3. The third kappa shape index (κ3) is 3.27. The summed E-state index contributed by atoms with van der Waals surface area (Å²) in [6.45, 7) is 0.0171. The molecule has 0 atom stereocenters. The number of aromatic nitrogens is 1. The highest BCUT2D eigenvalue weighted by Gasteiger charge is 2.42. The smallest absolute Gasteiger partial charge is 0.258 e. The van der Waals surface area contributed by atoms with Crippen LogP contribution >= 0.6 is 11.6 Å². The second kappa shape index (κ2) is 6.00. The predicted molar refractivity (Wildman–Crippen MR) is 89.6 cm³/mol. The van der Waals surface area contributed by atoms with Gasteiger partial charge in [-0.05, 0) is 61.8 Å². The normalized spacial score (nSPS) is 17.5. The van der Waals surface area contributed by atoms with Gasteiger partial charge in [0.1, 0.15) is 11.3 Å². The highest BCUT2D eigenvalue weighted by Crippen LogP contribution is 2.44. The van der Waals surface area contributed by atoms with Crippen molar-refractivity contribution in [2.75, 3.05) is 6.61 Å². The molecule has 1 amide bonds. The molecule has 120 valence electrons. The number of rotatable bonds is 6. The van der Waals surface area contributed by atoms with Gasteiger partial charge in [-0.15, -0.1) is 0 Å². The lowest BCUT2D eigenvalue weighted by Gasteiger charge is -2.18. The van der Waals surface area contributed by atoms with Crippen molar-refractivity contribution < 1.29 is 9.53 Å². The summed E-state index contributed by atoms with van der Waals surface area (Å²) in [5, 5.41) is 4.63. The molecule has 2 fully saturated rings. The van der Waals surface area contributed by atoms with Crippen LogP contribution in [-0.4, -0.2) is 23.5 Å². The molecule has 2 aliphatic carbocycles. The second-order valence-electron chi connectivity index (χ2n) is 6.50. The fourth-order valence-electron chi connectivity index (χ4n) is 3.13. The third-order valence-corrected chi connectivity index (χ3v) is 4.96. The standard InChI is InChI=1S/C18H19ClN2O2/c19-14-7-8-15(18-13(14)2-1-9-20-18)23-10-16(22)21-17(11-3-4-11)12-5-6-12/h1-2,7-9,11-12,17H,3-6,10H2,(H,21,22). The van der Waals surface area contributed by atoms with Crippen LogP contribution in [0.25, 0.3) is 10.9 Å². The Morgan fingerprint density at radius 3 is 2.70 bits per heavy atom. The molecule has 1 N–H and O–H groups in total. The highest BCUT2D eigenvalue weighted by atomic mass is 35.5. The molecular weight excluding hydrogens is 312 g/mol. The first-order chi connectivity index (χ1) is 11.2. The summed E-state index contributed by atoms with van der Waals surface area (Å²) in [5.41, 5.74) is 0.689. The Balaban J connectivity index is 1.42. The summed E-state index contributed by atoms with van der Waals surface area (Å²) < 4.78 is 5.70. The number of carbonyl (C=O) groups is 1. The van der Waals surface area contributed by atoms with E-state index >= 15 is 0 Å². The average molecular weight is 331 g/mol. The molecule has 2 saturated carbocycles. The zero-order chi connectivity index (χ0) is 15.8. The van der Waals surface area contributed by atoms with Crippen LogP contribution < -0.4 is 10.1 Å². The monoisotopic (exact) mass is 330 g/mol. The Bertz CT molecular complexity index is 729. The topological polar surface area (TPSA) is 51.2 Å². The number of nitrogens with zero attached hydrogens (tertiary/aromatic N) is 1. The number of ether oxygens (including phenoxy) is 1. The molecule has 0 spiro atoms. The predicted octanol–water partition coefficient (Wildman–Crippen LogP) is 3.57. The maximum atomic E-state index is 12.2. The lowest BCUT2D eigenvalue weighted by Crippen LogP contribution is -2.40. The Morgan fingerprint density at radius 1 is 1.26 bits per heavy atom. The molecule has 4 rings (SSSR count). The van der Waals surface area contributed by atoms with Crippen LogP contribution in [0.3, 0.4) is 0 Å². The summed E-state index contributed by atoms with van der Waals surface area (Å²) in [7, 11) is 0. The van der Waals surface area contributed by atoms with Gasteiger partial charge in [0.05, 0.1) is 5.02 Å². The first-order valence-corrected chi connectivity index (χ1v) is 8.55. The number of benzene rings is 1. The number of hydrogen-bond donors (Lipinski definition) is 1. The quantitative estimate of drug-likeness (QED) is 0.881. The molecule has 1 aromatic heterocycles.